The van der Waals surface area contributed by atoms with E-state index in [1.54, 1.807) is 0 Å². The van der Waals surface area contributed by atoms with Gasteiger partial charge < -0.3 is 15.2 Å². The summed E-state index contributed by atoms with van der Waals surface area (Å²) in [6.07, 6.45) is 0.0673. The Labute approximate surface area is 136 Å². The summed E-state index contributed by atoms with van der Waals surface area (Å²) in [5.41, 5.74) is 3.14. The molecule has 0 saturated heterocycles. The molecule has 2 aromatic rings. The summed E-state index contributed by atoms with van der Waals surface area (Å²) in [7, 11) is 0. The Kier molecular flexibility index (Phi) is 4.24. The number of carboxylic acid groups (broad SMARTS) is 1. The number of benzene rings is 2. The van der Waals surface area contributed by atoms with Gasteiger partial charge in [0.2, 0.25) is 0 Å². The van der Waals surface area contributed by atoms with Gasteiger partial charge in [0.25, 0.3) is 0 Å². The van der Waals surface area contributed by atoms with Crippen LogP contribution in [0.4, 0.5) is 5.69 Å². The molecule has 120 valence electrons. The first-order valence-electron chi connectivity index (χ1n) is 7.88. The highest BCUT2D eigenvalue weighted by Crippen LogP contribution is 2.40. The molecule has 0 bridgehead atoms. The van der Waals surface area contributed by atoms with Crippen LogP contribution in [0.2, 0.25) is 0 Å². The first-order chi connectivity index (χ1) is 11.0. The van der Waals surface area contributed by atoms with Gasteiger partial charge in [0.1, 0.15) is 11.9 Å². The topological polar surface area (TPSA) is 58.6 Å². The fourth-order valence-electron chi connectivity index (χ4n) is 3.14. The molecule has 1 aliphatic rings. The van der Waals surface area contributed by atoms with Gasteiger partial charge in [-0.3, -0.25) is 4.79 Å². The maximum atomic E-state index is 11.1. The molecule has 3 rings (SSSR count). The van der Waals surface area contributed by atoms with Crippen LogP contribution in [0.25, 0.3) is 0 Å². The number of carboxylic acids is 1. The van der Waals surface area contributed by atoms with Crippen molar-refractivity contribution in [2.45, 2.75) is 38.3 Å². The molecular formula is C19H21NO3. The minimum atomic E-state index is -0.777. The number of fused-ring (bicyclic) bond motifs is 1. The maximum Gasteiger partial charge on any atom is 0.304 e. The van der Waals surface area contributed by atoms with E-state index in [0.717, 1.165) is 22.6 Å². The average molecular weight is 311 g/mol. The molecule has 4 nitrogen and oxygen atoms in total. The van der Waals surface area contributed by atoms with Gasteiger partial charge in [0.15, 0.2) is 0 Å². The van der Waals surface area contributed by atoms with Crippen molar-refractivity contribution in [2.24, 2.45) is 0 Å². The van der Waals surface area contributed by atoms with E-state index in [1.807, 2.05) is 62.4 Å². The van der Waals surface area contributed by atoms with E-state index < -0.39 is 5.97 Å². The predicted octanol–water partition coefficient (Wildman–Crippen LogP) is 4.20. The lowest BCUT2D eigenvalue weighted by Gasteiger charge is -2.17. The third-order valence-electron chi connectivity index (χ3n) is 4.39. The number of carbonyl (C=O) groups is 1. The molecular weight excluding hydrogens is 290 g/mol. The Bertz CT molecular complexity index is 699. The molecule has 2 aromatic carbocycles. The molecule has 0 aliphatic carbocycles. The van der Waals surface area contributed by atoms with Gasteiger partial charge in [0.05, 0.1) is 6.42 Å². The number of ether oxygens (including phenoxy) is 1. The lowest BCUT2D eigenvalue weighted by atomic mass is 9.92. The molecule has 0 amide bonds. The van der Waals surface area contributed by atoms with Crippen molar-refractivity contribution in [3.05, 3.63) is 59.7 Å². The van der Waals surface area contributed by atoms with Crippen molar-refractivity contribution >= 4 is 11.7 Å². The summed E-state index contributed by atoms with van der Waals surface area (Å²) in [4.78, 5) is 11.1. The summed E-state index contributed by atoms with van der Waals surface area (Å²) in [6.45, 7) is 4.03. The quantitative estimate of drug-likeness (QED) is 0.869. The summed E-state index contributed by atoms with van der Waals surface area (Å²) >= 11 is 0. The second-order valence-electron chi connectivity index (χ2n) is 6.06. The van der Waals surface area contributed by atoms with Gasteiger partial charge >= 0.3 is 5.97 Å². The normalized spacial score (nSPS) is 20.4. The molecule has 23 heavy (non-hydrogen) atoms. The third-order valence-corrected chi connectivity index (χ3v) is 4.39. The highest BCUT2D eigenvalue weighted by Gasteiger charge is 2.31. The first-order valence-corrected chi connectivity index (χ1v) is 7.88. The van der Waals surface area contributed by atoms with Crippen molar-refractivity contribution < 1.29 is 14.6 Å². The van der Waals surface area contributed by atoms with Gasteiger partial charge in [-0.25, -0.2) is 0 Å². The third kappa shape index (κ3) is 3.31. The van der Waals surface area contributed by atoms with Gasteiger partial charge in [-0.15, -0.1) is 0 Å². The smallest absolute Gasteiger partial charge is 0.304 e. The SMILES string of the molecule is CC(Oc1ccc2c(c1)C(CC(=O)O)C(C)N2)c1ccccc1. The number of anilines is 1. The molecule has 0 fully saturated rings. The minimum absolute atomic E-state index is 0.0296. The van der Waals surface area contributed by atoms with E-state index >= 15 is 0 Å². The predicted molar refractivity (Wildman–Crippen MR) is 90.0 cm³/mol. The molecule has 1 heterocycles. The highest BCUT2D eigenvalue weighted by molar-refractivity contribution is 5.71. The van der Waals surface area contributed by atoms with Gasteiger partial charge in [0, 0.05) is 17.6 Å². The number of aliphatic carboxylic acids is 1. The van der Waals surface area contributed by atoms with Gasteiger partial charge in [-0.2, -0.15) is 0 Å². The van der Waals surface area contributed by atoms with Crippen LogP contribution < -0.4 is 10.1 Å². The Balaban J connectivity index is 1.81. The molecule has 4 heteroatoms. The zero-order valence-corrected chi connectivity index (χ0v) is 13.3. The fourth-order valence-corrected chi connectivity index (χ4v) is 3.14. The van der Waals surface area contributed by atoms with Crippen LogP contribution in [0.3, 0.4) is 0 Å². The lowest BCUT2D eigenvalue weighted by molar-refractivity contribution is -0.137. The number of rotatable bonds is 5. The fraction of sp³-hybridized carbons (Fsp3) is 0.316. The van der Waals surface area contributed by atoms with Crippen molar-refractivity contribution in [2.75, 3.05) is 5.32 Å². The standard InChI is InChI=1S/C19H21NO3/c1-12-16(11-19(21)22)17-10-15(8-9-18(17)20-12)23-13(2)14-6-4-3-5-7-14/h3-10,12-13,16,20H,11H2,1-2H3,(H,21,22). The van der Waals surface area contributed by atoms with E-state index in [4.69, 9.17) is 9.84 Å². The van der Waals surface area contributed by atoms with E-state index in [0.29, 0.717) is 0 Å². The Hall–Kier alpha value is -2.49. The summed E-state index contributed by atoms with van der Waals surface area (Å²) < 4.78 is 6.04. The Morgan fingerprint density at radius 2 is 2.00 bits per heavy atom. The average Bonchev–Trinajstić information content (AvgIpc) is 2.83. The van der Waals surface area contributed by atoms with E-state index in [1.165, 1.54) is 0 Å². The van der Waals surface area contributed by atoms with Crippen molar-refractivity contribution in [3.8, 4) is 5.75 Å². The molecule has 3 atom stereocenters. The van der Waals surface area contributed by atoms with E-state index in [2.05, 4.69) is 5.32 Å². The van der Waals surface area contributed by atoms with Crippen LogP contribution in [0.5, 0.6) is 5.75 Å². The van der Waals surface area contributed by atoms with E-state index in [9.17, 15) is 4.79 Å². The van der Waals surface area contributed by atoms with Crippen LogP contribution in [0.1, 0.15) is 43.4 Å². The molecule has 0 radical (unpaired) electrons. The maximum absolute atomic E-state index is 11.1. The minimum Gasteiger partial charge on any atom is -0.486 e. The summed E-state index contributed by atoms with van der Waals surface area (Å²) in [6, 6.07) is 16.0. The van der Waals surface area contributed by atoms with Crippen LogP contribution in [0.15, 0.2) is 48.5 Å². The van der Waals surface area contributed by atoms with Crippen LogP contribution in [-0.4, -0.2) is 17.1 Å². The summed E-state index contributed by atoms with van der Waals surface area (Å²) in [5, 5.41) is 12.5. The van der Waals surface area contributed by atoms with Crippen molar-refractivity contribution in [3.63, 3.8) is 0 Å². The van der Waals surface area contributed by atoms with Crippen LogP contribution in [0, 0.1) is 0 Å². The van der Waals surface area contributed by atoms with Crippen molar-refractivity contribution in [1.82, 2.24) is 0 Å². The molecule has 1 aliphatic heterocycles. The van der Waals surface area contributed by atoms with Crippen molar-refractivity contribution in [1.29, 1.82) is 0 Å². The molecule has 0 aromatic heterocycles. The Morgan fingerprint density at radius 3 is 2.70 bits per heavy atom. The molecule has 0 saturated carbocycles. The lowest BCUT2D eigenvalue weighted by Crippen LogP contribution is -2.18. The van der Waals surface area contributed by atoms with Crippen LogP contribution in [-0.2, 0) is 4.79 Å². The monoisotopic (exact) mass is 311 g/mol. The molecule has 0 spiro atoms. The Morgan fingerprint density at radius 1 is 1.26 bits per heavy atom. The van der Waals surface area contributed by atoms with Crippen LogP contribution >= 0.6 is 0 Å². The zero-order chi connectivity index (χ0) is 16.4. The largest absolute Gasteiger partial charge is 0.486 e. The number of nitrogens with one attached hydrogen (secondary N) is 1. The molecule has 2 N–H and O–H groups in total. The first kappa shape index (κ1) is 15.4. The number of hydrogen-bond acceptors (Lipinski definition) is 3. The van der Waals surface area contributed by atoms with Gasteiger partial charge in [-0.1, -0.05) is 30.3 Å². The molecule has 3 unspecified atom stereocenters. The summed E-state index contributed by atoms with van der Waals surface area (Å²) in [5.74, 6) is -0.0371. The highest BCUT2D eigenvalue weighted by atomic mass is 16.5. The second-order valence-corrected chi connectivity index (χ2v) is 6.06. The zero-order valence-electron chi connectivity index (χ0n) is 13.3. The van der Waals surface area contributed by atoms with E-state index in [-0.39, 0.29) is 24.5 Å². The number of hydrogen-bond donors (Lipinski definition) is 2. The second kappa shape index (κ2) is 6.32. The van der Waals surface area contributed by atoms with Gasteiger partial charge in [-0.05, 0) is 43.2 Å².